The molecule has 1 unspecified atom stereocenters. The molecule has 1 fully saturated rings. The smallest absolute Gasteiger partial charge is 0.294 e. The first-order valence-electron chi connectivity index (χ1n) is 4.95. The van der Waals surface area contributed by atoms with Crippen LogP contribution in [0.4, 0.5) is 11.4 Å². The van der Waals surface area contributed by atoms with E-state index in [1.54, 1.807) is 17.0 Å². The van der Waals surface area contributed by atoms with E-state index in [0.717, 1.165) is 0 Å². The molecular weight excluding hydrogens is 297 g/mol. The van der Waals surface area contributed by atoms with Crippen LogP contribution in [0.15, 0.2) is 18.2 Å². The third kappa shape index (κ3) is 2.88. The lowest BCUT2D eigenvalue weighted by molar-refractivity contribution is -0.384. The zero-order chi connectivity index (χ0) is 12.6. The molecule has 8 heteroatoms. The van der Waals surface area contributed by atoms with Gasteiger partial charge in [0.2, 0.25) is 0 Å². The van der Waals surface area contributed by atoms with Crippen molar-refractivity contribution in [2.75, 3.05) is 11.4 Å². The highest BCUT2D eigenvalue weighted by atomic mass is 35.5. The van der Waals surface area contributed by atoms with Gasteiger partial charge in [-0.15, -0.1) is 12.4 Å². The maximum absolute atomic E-state index is 11.0. The number of nitrogens with one attached hydrogen (secondary N) is 1. The van der Waals surface area contributed by atoms with Gasteiger partial charge in [0.15, 0.2) is 5.17 Å². The van der Waals surface area contributed by atoms with Gasteiger partial charge in [-0.2, -0.15) is 0 Å². The van der Waals surface area contributed by atoms with Gasteiger partial charge in [-0.1, -0.05) is 30.3 Å². The van der Waals surface area contributed by atoms with Gasteiger partial charge in [0, 0.05) is 22.9 Å². The number of nitrogens with zero attached hydrogens (tertiary/aromatic N) is 2. The zero-order valence-electron chi connectivity index (χ0n) is 9.42. The lowest BCUT2D eigenvalue weighted by Crippen LogP contribution is -2.24. The Morgan fingerprint density at radius 1 is 1.61 bits per heavy atom. The fourth-order valence-corrected chi connectivity index (χ4v) is 2.78. The highest BCUT2D eigenvalue weighted by molar-refractivity contribution is 8.15. The Morgan fingerprint density at radius 2 is 2.28 bits per heavy atom. The lowest BCUT2D eigenvalue weighted by atomic mass is 10.2. The van der Waals surface area contributed by atoms with Gasteiger partial charge < -0.3 is 4.90 Å². The molecule has 0 aliphatic carbocycles. The number of benzene rings is 1. The quantitative estimate of drug-likeness (QED) is 0.670. The lowest BCUT2D eigenvalue weighted by Gasteiger charge is -2.16. The SMILES string of the molecule is CC1CN(c2ccc(Cl)cc2[N+](=O)[O-])C(=N)S1.Cl. The number of nitro benzene ring substituents is 1. The molecule has 1 aliphatic heterocycles. The molecule has 0 aromatic heterocycles. The molecule has 1 atom stereocenters. The number of hydrogen-bond donors (Lipinski definition) is 1. The molecule has 98 valence electrons. The summed E-state index contributed by atoms with van der Waals surface area (Å²) in [6.07, 6.45) is 0. The fraction of sp³-hybridized carbons (Fsp3) is 0.300. The van der Waals surface area contributed by atoms with Crippen LogP contribution < -0.4 is 4.90 Å². The van der Waals surface area contributed by atoms with E-state index in [1.165, 1.54) is 17.8 Å². The molecular formula is C10H11Cl2N3O2S. The van der Waals surface area contributed by atoms with Gasteiger partial charge in [0.25, 0.3) is 5.69 Å². The summed E-state index contributed by atoms with van der Waals surface area (Å²) in [6, 6.07) is 4.51. The third-order valence-electron chi connectivity index (χ3n) is 2.42. The van der Waals surface area contributed by atoms with Crippen molar-refractivity contribution in [1.29, 1.82) is 5.41 Å². The van der Waals surface area contributed by atoms with Crippen LogP contribution >= 0.6 is 35.8 Å². The molecule has 0 spiro atoms. The van der Waals surface area contributed by atoms with E-state index in [4.69, 9.17) is 17.0 Å². The van der Waals surface area contributed by atoms with Crippen molar-refractivity contribution >= 4 is 52.3 Å². The molecule has 1 aliphatic rings. The van der Waals surface area contributed by atoms with Crippen molar-refractivity contribution in [3.8, 4) is 0 Å². The first kappa shape index (κ1) is 15.1. The minimum Gasteiger partial charge on any atom is -0.314 e. The van der Waals surface area contributed by atoms with Crippen molar-refractivity contribution in [3.05, 3.63) is 33.3 Å². The molecule has 5 nitrogen and oxygen atoms in total. The second-order valence-corrected chi connectivity index (χ2v) is 5.60. The predicted molar refractivity (Wildman–Crippen MR) is 77.5 cm³/mol. The van der Waals surface area contributed by atoms with E-state index in [1.807, 2.05) is 6.92 Å². The molecule has 1 aromatic carbocycles. The summed E-state index contributed by atoms with van der Waals surface area (Å²) in [6.45, 7) is 2.59. The van der Waals surface area contributed by atoms with E-state index in [0.29, 0.717) is 22.4 Å². The van der Waals surface area contributed by atoms with Crippen LogP contribution in [0.3, 0.4) is 0 Å². The second kappa shape index (κ2) is 5.77. The van der Waals surface area contributed by atoms with E-state index in [9.17, 15) is 10.1 Å². The molecule has 2 rings (SSSR count). The van der Waals surface area contributed by atoms with Crippen molar-refractivity contribution in [1.82, 2.24) is 0 Å². The Kier molecular flexibility index (Phi) is 4.84. The number of rotatable bonds is 2. The van der Waals surface area contributed by atoms with E-state index >= 15 is 0 Å². The number of halogens is 2. The monoisotopic (exact) mass is 307 g/mol. The van der Waals surface area contributed by atoms with Crippen molar-refractivity contribution in [3.63, 3.8) is 0 Å². The summed E-state index contributed by atoms with van der Waals surface area (Å²) < 4.78 is 0. The summed E-state index contributed by atoms with van der Waals surface area (Å²) in [5.74, 6) is 0. The Morgan fingerprint density at radius 3 is 2.78 bits per heavy atom. The van der Waals surface area contributed by atoms with E-state index in [2.05, 4.69) is 0 Å². The summed E-state index contributed by atoms with van der Waals surface area (Å²) in [7, 11) is 0. The number of hydrogen-bond acceptors (Lipinski definition) is 4. The average molecular weight is 308 g/mol. The Labute approximate surface area is 120 Å². The van der Waals surface area contributed by atoms with Gasteiger partial charge in [0.1, 0.15) is 5.69 Å². The van der Waals surface area contributed by atoms with Gasteiger partial charge in [-0.25, -0.2) is 0 Å². The van der Waals surface area contributed by atoms with Crippen LogP contribution in [0.5, 0.6) is 0 Å². The summed E-state index contributed by atoms with van der Waals surface area (Å²) in [5, 5.41) is 19.7. The number of amidine groups is 1. The van der Waals surface area contributed by atoms with Crippen LogP contribution in [0.25, 0.3) is 0 Å². The van der Waals surface area contributed by atoms with E-state index < -0.39 is 4.92 Å². The highest BCUT2D eigenvalue weighted by Crippen LogP contribution is 2.36. The maximum atomic E-state index is 11.0. The Balaban J connectivity index is 0.00000162. The van der Waals surface area contributed by atoms with Crippen molar-refractivity contribution in [2.24, 2.45) is 0 Å². The average Bonchev–Trinajstić information content (AvgIpc) is 2.57. The molecule has 0 bridgehead atoms. The normalized spacial score (nSPS) is 18.7. The Bertz CT molecular complexity index is 498. The van der Waals surface area contributed by atoms with Crippen LogP contribution in [0.1, 0.15) is 6.92 Å². The van der Waals surface area contributed by atoms with Crippen LogP contribution in [0.2, 0.25) is 5.02 Å². The minimum atomic E-state index is -0.470. The summed E-state index contributed by atoms with van der Waals surface area (Å²) in [4.78, 5) is 12.1. The van der Waals surface area contributed by atoms with Crippen LogP contribution in [0, 0.1) is 15.5 Å². The molecule has 0 radical (unpaired) electrons. The number of thioether (sulfide) groups is 1. The maximum Gasteiger partial charge on any atom is 0.294 e. The first-order chi connectivity index (χ1) is 7.99. The summed E-state index contributed by atoms with van der Waals surface area (Å²) >= 11 is 7.15. The van der Waals surface area contributed by atoms with Gasteiger partial charge >= 0.3 is 0 Å². The highest BCUT2D eigenvalue weighted by Gasteiger charge is 2.30. The van der Waals surface area contributed by atoms with Gasteiger partial charge in [-0.3, -0.25) is 15.5 Å². The topological polar surface area (TPSA) is 70.2 Å². The van der Waals surface area contributed by atoms with Gasteiger partial charge in [0.05, 0.1) is 4.92 Å². The molecule has 1 saturated heterocycles. The number of anilines is 1. The van der Waals surface area contributed by atoms with Crippen molar-refractivity contribution < 1.29 is 4.92 Å². The first-order valence-corrected chi connectivity index (χ1v) is 6.21. The van der Waals surface area contributed by atoms with Gasteiger partial charge in [-0.05, 0) is 12.1 Å². The largest absolute Gasteiger partial charge is 0.314 e. The van der Waals surface area contributed by atoms with E-state index in [-0.39, 0.29) is 23.3 Å². The summed E-state index contributed by atoms with van der Waals surface area (Å²) in [5.41, 5.74) is 0.373. The predicted octanol–water partition coefficient (Wildman–Crippen LogP) is 3.55. The molecule has 0 saturated carbocycles. The second-order valence-electron chi connectivity index (χ2n) is 3.73. The Hall–Kier alpha value is -0.980. The van der Waals surface area contributed by atoms with Crippen LogP contribution in [-0.2, 0) is 0 Å². The molecule has 18 heavy (non-hydrogen) atoms. The molecule has 0 amide bonds. The minimum absolute atomic E-state index is 0. The van der Waals surface area contributed by atoms with Crippen LogP contribution in [-0.4, -0.2) is 21.9 Å². The van der Waals surface area contributed by atoms with Crippen molar-refractivity contribution in [2.45, 2.75) is 12.2 Å². The zero-order valence-corrected chi connectivity index (χ0v) is 11.8. The fourth-order valence-electron chi connectivity index (χ4n) is 1.71. The standard InChI is InChI=1S/C10H10ClN3O2S.ClH/c1-6-5-13(10(12)17-6)8-3-2-7(11)4-9(8)14(15)16;/h2-4,6,12H,5H2,1H3;1H. The molecule has 1 heterocycles. The third-order valence-corrected chi connectivity index (χ3v) is 3.65. The molecule has 1 N–H and O–H groups in total. The molecule has 1 aromatic rings. The number of nitro groups is 1.